The Morgan fingerprint density at radius 1 is 1.29 bits per heavy atom. The molecule has 1 atom stereocenters. The van der Waals surface area contributed by atoms with Crippen LogP contribution in [0.25, 0.3) is 0 Å². The Morgan fingerprint density at radius 3 is 2.90 bits per heavy atom. The molecule has 4 heteroatoms. The number of nitrogens with two attached hydrogens (primary N) is 1. The Hall–Kier alpha value is -1.81. The van der Waals surface area contributed by atoms with Gasteiger partial charge in [-0.15, -0.1) is 11.3 Å². The van der Waals surface area contributed by atoms with Crippen LogP contribution in [0.2, 0.25) is 0 Å². The first-order valence-corrected chi connectivity index (χ1v) is 8.35. The molecular weight excluding hydrogens is 280 g/mol. The Labute approximate surface area is 128 Å². The number of nitrogens with zero attached hydrogens (tertiary/aromatic N) is 1. The van der Waals surface area contributed by atoms with Gasteiger partial charge in [-0.3, -0.25) is 4.79 Å². The molecule has 2 heterocycles. The van der Waals surface area contributed by atoms with Crippen LogP contribution in [0.5, 0.6) is 0 Å². The zero-order chi connectivity index (χ0) is 14.4. The van der Waals surface area contributed by atoms with E-state index in [1.165, 1.54) is 23.3 Å². The molecule has 0 spiro atoms. The molecule has 108 valence electrons. The first kappa shape index (κ1) is 12.9. The molecule has 0 bridgehead atoms. The minimum atomic E-state index is 0.121. The van der Waals surface area contributed by atoms with E-state index in [1.807, 2.05) is 29.5 Å². The van der Waals surface area contributed by atoms with Crippen LogP contribution in [-0.4, -0.2) is 17.4 Å². The van der Waals surface area contributed by atoms with Gasteiger partial charge in [-0.1, -0.05) is 6.07 Å². The van der Waals surface area contributed by atoms with Gasteiger partial charge in [0.15, 0.2) is 0 Å². The third-order valence-electron chi connectivity index (χ3n) is 4.48. The second kappa shape index (κ2) is 4.88. The van der Waals surface area contributed by atoms with Gasteiger partial charge in [0, 0.05) is 22.7 Å². The number of carbonyl (C=O) groups is 1. The third-order valence-corrected chi connectivity index (χ3v) is 5.47. The van der Waals surface area contributed by atoms with Crippen LogP contribution in [0.3, 0.4) is 0 Å². The smallest absolute Gasteiger partial charge is 0.254 e. The maximum Gasteiger partial charge on any atom is 0.254 e. The van der Waals surface area contributed by atoms with Crippen molar-refractivity contribution in [3.05, 3.63) is 51.7 Å². The monoisotopic (exact) mass is 298 g/mol. The molecule has 2 N–H and O–H groups in total. The highest BCUT2D eigenvalue weighted by atomic mass is 32.1. The van der Waals surface area contributed by atoms with Crippen LogP contribution < -0.4 is 5.73 Å². The zero-order valence-electron chi connectivity index (χ0n) is 11.8. The number of thiophene rings is 1. The zero-order valence-corrected chi connectivity index (χ0v) is 12.6. The molecule has 0 radical (unpaired) electrons. The van der Waals surface area contributed by atoms with Crippen molar-refractivity contribution in [3.8, 4) is 0 Å². The molecule has 1 amide bonds. The molecular formula is C17H18N2OS. The molecule has 3 nitrogen and oxygen atoms in total. The molecule has 1 aromatic heterocycles. The van der Waals surface area contributed by atoms with E-state index in [-0.39, 0.29) is 11.9 Å². The van der Waals surface area contributed by atoms with Crippen molar-refractivity contribution in [2.45, 2.75) is 25.3 Å². The first-order valence-electron chi connectivity index (χ1n) is 7.47. The largest absolute Gasteiger partial charge is 0.399 e. The summed E-state index contributed by atoms with van der Waals surface area (Å²) in [6.45, 7) is 0.822. The van der Waals surface area contributed by atoms with Crippen LogP contribution >= 0.6 is 11.3 Å². The minimum Gasteiger partial charge on any atom is -0.399 e. The summed E-state index contributed by atoms with van der Waals surface area (Å²) in [5.41, 5.74) is 8.56. The van der Waals surface area contributed by atoms with Crippen LogP contribution in [-0.2, 0) is 6.42 Å². The minimum absolute atomic E-state index is 0.121. The first-order chi connectivity index (χ1) is 10.2. The summed E-state index contributed by atoms with van der Waals surface area (Å²) in [6.07, 6.45) is 3.45. The van der Waals surface area contributed by atoms with Gasteiger partial charge in [-0.05, 0) is 60.4 Å². The Balaban J connectivity index is 1.69. The quantitative estimate of drug-likeness (QED) is 0.863. The molecule has 1 aliphatic carbocycles. The van der Waals surface area contributed by atoms with Crippen LogP contribution in [0.15, 0.2) is 35.7 Å². The van der Waals surface area contributed by atoms with Gasteiger partial charge in [0.1, 0.15) is 0 Å². The maximum absolute atomic E-state index is 12.9. The lowest BCUT2D eigenvalue weighted by Gasteiger charge is -2.36. The van der Waals surface area contributed by atoms with E-state index in [4.69, 9.17) is 5.73 Å². The van der Waals surface area contributed by atoms with Gasteiger partial charge in [-0.2, -0.15) is 0 Å². The van der Waals surface area contributed by atoms with E-state index < -0.39 is 0 Å². The lowest BCUT2D eigenvalue weighted by molar-refractivity contribution is 0.0637. The van der Waals surface area contributed by atoms with Gasteiger partial charge in [0.05, 0.1) is 6.04 Å². The molecule has 2 aliphatic rings. The van der Waals surface area contributed by atoms with Crippen molar-refractivity contribution < 1.29 is 4.79 Å². The Kier molecular flexibility index (Phi) is 3.00. The van der Waals surface area contributed by atoms with Gasteiger partial charge in [0.2, 0.25) is 0 Å². The summed E-state index contributed by atoms with van der Waals surface area (Å²) in [4.78, 5) is 16.4. The van der Waals surface area contributed by atoms with E-state index in [0.29, 0.717) is 17.2 Å². The lowest BCUT2D eigenvalue weighted by Crippen LogP contribution is -2.40. The summed E-state index contributed by atoms with van der Waals surface area (Å²) < 4.78 is 0. The van der Waals surface area contributed by atoms with Crippen LogP contribution in [0.1, 0.15) is 39.7 Å². The van der Waals surface area contributed by atoms with Crippen molar-refractivity contribution in [1.82, 2.24) is 4.90 Å². The fourth-order valence-corrected chi connectivity index (χ4v) is 4.24. The summed E-state index contributed by atoms with van der Waals surface area (Å²) >= 11 is 1.83. The molecule has 1 aliphatic heterocycles. The number of carbonyl (C=O) groups excluding carboxylic acids is 1. The average Bonchev–Trinajstić information content (AvgIpc) is 3.22. The standard InChI is InChI=1S/C17H18N2OS/c18-13-3-1-2-12(10-13)17(20)19-8-6-15-14(7-9-21-15)16(19)11-4-5-11/h1-3,7,9-11,16H,4-6,8,18H2. The van der Waals surface area contributed by atoms with Crippen molar-refractivity contribution in [2.75, 3.05) is 12.3 Å². The number of nitrogen functional groups attached to an aromatic ring is 1. The van der Waals surface area contributed by atoms with E-state index in [2.05, 4.69) is 16.3 Å². The summed E-state index contributed by atoms with van der Waals surface area (Å²) in [5.74, 6) is 0.764. The average molecular weight is 298 g/mol. The van der Waals surface area contributed by atoms with Gasteiger partial charge >= 0.3 is 0 Å². The molecule has 1 saturated carbocycles. The molecule has 4 rings (SSSR count). The molecule has 0 saturated heterocycles. The van der Waals surface area contributed by atoms with Crippen molar-refractivity contribution in [1.29, 1.82) is 0 Å². The lowest BCUT2D eigenvalue weighted by atomic mass is 9.95. The summed E-state index contributed by atoms with van der Waals surface area (Å²) in [5, 5.41) is 2.16. The summed E-state index contributed by atoms with van der Waals surface area (Å²) in [7, 11) is 0. The van der Waals surface area contributed by atoms with Crippen LogP contribution in [0.4, 0.5) is 5.69 Å². The highest BCUT2D eigenvalue weighted by Crippen LogP contribution is 2.48. The molecule has 21 heavy (non-hydrogen) atoms. The highest BCUT2D eigenvalue weighted by Gasteiger charge is 2.41. The highest BCUT2D eigenvalue weighted by molar-refractivity contribution is 7.10. The number of hydrogen-bond donors (Lipinski definition) is 1. The van der Waals surface area contributed by atoms with Gasteiger partial charge in [0.25, 0.3) is 5.91 Å². The molecule has 1 aromatic carbocycles. The second-order valence-electron chi connectivity index (χ2n) is 5.96. The predicted octanol–water partition coefficient (Wildman–Crippen LogP) is 3.48. The number of fused-ring (bicyclic) bond motifs is 1. The van der Waals surface area contributed by atoms with E-state index >= 15 is 0 Å². The Bertz CT molecular complexity index is 690. The van der Waals surface area contributed by atoms with Gasteiger partial charge < -0.3 is 10.6 Å². The number of rotatable bonds is 2. The van der Waals surface area contributed by atoms with Gasteiger partial charge in [-0.25, -0.2) is 0 Å². The van der Waals surface area contributed by atoms with Crippen molar-refractivity contribution >= 4 is 22.9 Å². The SMILES string of the molecule is Nc1cccc(C(=O)N2CCc3sccc3C2C2CC2)c1. The third kappa shape index (κ3) is 2.23. The Morgan fingerprint density at radius 2 is 2.14 bits per heavy atom. The fourth-order valence-electron chi connectivity index (χ4n) is 3.33. The van der Waals surface area contributed by atoms with Crippen molar-refractivity contribution in [2.24, 2.45) is 5.92 Å². The molecule has 2 aromatic rings. The summed E-state index contributed by atoms with van der Waals surface area (Å²) in [6, 6.07) is 9.81. The maximum atomic E-state index is 12.9. The second-order valence-corrected chi connectivity index (χ2v) is 6.96. The van der Waals surface area contributed by atoms with Crippen LogP contribution in [0, 0.1) is 5.92 Å². The number of hydrogen-bond acceptors (Lipinski definition) is 3. The number of amides is 1. The van der Waals surface area contributed by atoms with E-state index in [9.17, 15) is 4.79 Å². The molecule has 1 unspecified atom stereocenters. The van der Waals surface area contributed by atoms with E-state index in [0.717, 1.165) is 13.0 Å². The normalized spacial score (nSPS) is 21.1. The number of anilines is 1. The number of benzene rings is 1. The van der Waals surface area contributed by atoms with Crippen molar-refractivity contribution in [3.63, 3.8) is 0 Å². The predicted molar refractivity (Wildman–Crippen MR) is 85.4 cm³/mol. The fraction of sp³-hybridized carbons (Fsp3) is 0.353. The molecule has 1 fully saturated rings. The topological polar surface area (TPSA) is 46.3 Å². The van der Waals surface area contributed by atoms with E-state index in [1.54, 1.807) is 6.07 Å².